The molecule has 7 heteroatoms. The summed E-state index contributed by atoms with van der Waals surface area (Å²) >= 11 is 0. The van der Waals surface area contributed by atoms with Crippen molar-refractivity contribution in [2.24, 2.45) is 4.99 Å². The summed E-state index contributed by atoms with van der Waals surface area (Å²) in [4.78, 5) is 9.05. The van der Waals surface area contributed by atoms with Crippen LogP contribution in [0.5, 0.6) is 5.88 Å². The number of halogens is 1. The van der Waals surface area contributed by atoms with Crippen molar-refractivity contribution in [1.29, 1.82) is 0 Å². The highest BCUT2D eigenvalue weighted by atomic mass is 127. The Hall–Kier alpha value is -1.87. The summed E-state index contributed by atoms with van der Waals surface area (Å²) in [5.41, 5.74) is 2.08. The smallest absolute Gasteiger partial charge is 0.218 e. The van der Waals surface area contributed by atoms with Crippen LogP contribution in [0.2, 0.25) is 0 Å². The second-order valence-electron chi connectivity index (χ2n) is 6.45. The second kappa shape index (κ2) is 12.6. The highest BCUT2D eigenvalue weighted by Gasteiger charge is 2.15. The fourth-order valence-electron chi connectivity index (χ4n) is 2.92. The zero-order valence-electron chi connectivity index (χ0n) is 16.3. The van der Waals surface area contributed by atoms with Crippen molar-refractivity contribution in [3.8, 4) is 5.88 Å². The summed E-state index contributed by atoms with van der Waals surface area (Å²) in [6.07, 6.45) is 4.26. The van der Waals surface area contributed by atoms with Crippen LogP contribution >= 0.6 is 24.0 Å². The van der Waals surface area contributed by atoms with Crippen LogP contribution in [0.15, 0.2) is 53.7 Å². The molecular weight excluding hydrogens is 467 g/mol. The van der Waals surface area contributed by atoms with Crippen LogP contribution in [0, 0.1) is 0 Å². The van der Waals surface area contributed by atoms with Crippen LogP contribution in [0.25, 0.3) is 0 Å². The lowest BCUT2D eigenvalue weighted by Crippen LogP contribution is -2.41. The number of ether oxygens (including phenoxy) is 2. The van der Waals surface area contributed by atoms with Crippen LogP contribution in [0.1, 0.15) is 30.9 Å². The molecule has 3 rings (SSSR count). The molecule has 1 saturated heterocycles. The molecule has 1 aromatic heterocycles. The molecule has 2 N–H and O–H groups in total. The van der Waals surface area contributed by atoms with Crippen molar-refractivity contribution in [2.45, 2.75) is 39.0 Å². The van der Waals surface area contributed by atoms with Crippen molar-refractivity contribution < 1.29 is 9.47 Å². The van der Waals surface area contributed by atoms with Gasteiger partial charge in [0.05, 0.1) is 12.6 Å². The van der Waals surface area contributed by atoms with E-state index in [1.165, 1.54) is 0 Å². The van der Waals surface area contributed by atoms with Crippen LogP contribution in [0.4, 0.5) is 0 Å². The summed E-state index contributed by atoms with van der Waals surface area (Å²) in [6, 6.07) is 14.0. The largest absolute Gasteiger partial charge is 0.473 e. The molecule has 1 unspecified atom stereocenters. The first kappa shape index (κ1) is 22.4. The van der Waals surface area contributed by atoms with E-state index in [1.54, 1.807) is 6.20 Å². The topological polar surface area (TPSA) is 67.8 Å². The Balaban J connectivity index is 0.00000280. The number of aliphatic imine (C=N–C) groups is 1. The average molecular weight is 496 g/mol. The van der Waals surface area contributed by atoms with E-state index in [4.69, 9.17) is 9.47 Å². The first-order valence-corrected chi connectivity index (χ1v) is 9.59. The molecule has 0 aliphatic carbocycles. The Morgan fingerprint density at radius 3 is 2.82 bits per heavy atom. The number of guanidine groups is 1. The van der Waals surface area contributed by atoms with Crippen LogP contribution < -0.4 is 15.4 Å². The molecular formula is C21H29IN4O2. The highest BCUT2D eigenvalue weighted by Crippen LogP contribution is 2.17. The predicted molar refractivity (Wildman–Crippen MR) is 122 cm³/mol. The molecule has 0 spiro atoms. The van der Waals surface area contributed by atoms with Gasteiger partial charge in [0.1, 0.15) is 6.61 Å². The number of rotatable bonds is 8. The predicted octanol–water partition coefficient (Wildman–Crippen LogP) is 3.51. The zero-order valence-corrected chi connectivity index (χ0v) is 18.6. The lowest BCUT2D eigenvalue weighted by Gasteiger charge is -2.15. The van der Waals surface area contributed by atoms with Crippen LogP contribution in [0.3, 0.4) is 0 Å². The Morgan fingerprint density at radius 2 is 2.07 bits per heavy atom. The van der Waals surface area contributed by atoms with Gasteiger partial charge in [-0.1, -0.05) is 36.4 Å². The van der Waals surface area contributed by atoms with Gasteiger partial charge in [-0.3, -0.25) is 0 Å². The lowest BCUT2D eigenvalue weighted by molar-refractivity contribution is 0.114. The molecule has 1 aliphatic heterocycles. The maximum atomic E-state index is 5.92. The first-order chi connectivity index (χ1) is 13.3. The van der Waals surface area contributed by atoms with E-state index in [9.17, 15) is 0 Å². The molecule has 0 saturated carbocycles. The molecule has 6 nitrogen and oxygen atoms in total. The van der Waals surface area contributed by atoms with E-state index in [2.05, 4.69) is 27.5 Å². The van der Waals surface area contributed by atoms with Crippen LogP contribution in [-0.4, -0.2) is 36.7 Å². The van der Waals surface area contributed by atoms with Gasteiger partial charge in [0.15, 0.2) is 5.96 Å². The SMILES string of the molecule is CCNC(=NCc1cccnc1OCc1ccccc1)NCC1CCCO1.I. The van der Waals surface area contributed by atoms with Crippen molar-refractivity contribution in [3.63, 3.8) is 0 Å². The molecule has 1 atom stereocenters. The van der Waals surface area contributed by atoms with E-state index in [1.807, 2.05) is 42.5 Å². The van der Waals surface area contributed by atoms with Gasteiger partial charge in [-0.05, 0) is 31.4 Å². The van der Waals surface area contributed by atoms with Gasteiger partial charge in [0.25, 0.3) is 0 Å². The summed E-state index contributed by atoms with van der Waals surface area (Å²) < 4.78 is 11.6. The van der Waals surface area contributed by atoms with Gasteiger partial charge in [-0.25, -0.2) is 9.98 Å². The van der Waals surface area contributed by atoms with Crippen molar-refractivity contribution in [1.82, 2.24) is 15.6 Å². The molecule has 0 radical (unpaired) electrons. The number of aromatic nitrogens is 1. The molecule has 28 heavy (non-hydrogen) atoms. The molecule has 152 valence electrons. The third kappa shape index (κ3) is 7.27. The Kier molecular flexibility index (Phi) is 10.1. The molecule has 1 fully saturated rings. The van der Waals surface area contributed by atoms with Crippen molar-refractivity contribution in [2.75, 3.05) is 19.7 Å². The first-order valence-electron chi connectivity index (χ1n) is 9.59. The fraction of sp³-hybridized carbons (Fsp3) is 0.429. The number of nitrogens with one attached hydrogen (secondary N) is 2. The number of hydrogen-bond acceptors (Lipinski definition) is 4. The number of hydrogen-bond donors (Lipinski definition) is 2. The monoisotopic (exact) mass is 496 g/mol. The average Bonchev–Trinajstić information content (AvgIpc) is 3.23. The van der Waals surface area contributed by atoms with E-state index in [0.717, 1.165) is 49.6 Å². The van der Waals surface area contributed by atoms with E-state index in [0.29, 0.717) is 19.0 Å². The minimum atomic E-state index is 0. The Bertz CT molecular complexity index is 721. The van der Waals surface area contributed by atoms with E-state index in [-0.39, 0.29) is 30.1 Å². The molecule has 0 amide bonds. The lowest BCUT2D eigenvalue weighted by atomic mass is 10.2. The maximum absolute atomic E-state index is 5.92. The summed E-state index contributed by atoms with van der Waals surface area (Å²) in [6.45, 7) is 5.49. The van der Waals surface area contributed by atoms with Crippen LogP contribution in [-0.2, 0) is 17.9 Å². The third-order valence-corrected chi connectivity index (χ3v) is 4.34. The molecule has 1 aliphatic rings. The molecule has 0 bridgehead atoms. The number of nitrogens with zero attached hydrogens (tertiary/aromatic N) is 2. The second-order valence-corrected chi connectivity index (χ2v) is 6.45. The van der Waals surface area contributed by atoms with Gasteiger partial charge >= 0.3 is 0 Å². The van der Waals surface area contributed by atoms with Crippen molar-refractivity contribution >= 4 is 29.9 Å². The quantitative estimate of drug-likeness (QED) is 0.333. The van der Waals surface area contributed by atoms with Gasteiger partial charge in [0.2, 0.25) is 5.88 Å². The molecule has 1 aromatic carbocycles. The zero-order chi connectivity index (χ0) is 18.7. The Labute approximate surface area is 184 Å². The fourth-order valence-corrected chi connectivity index (χ4v) is 2.92. The highest BCUT2D eigenvalue weighted by molar-refractivity contribution is 14.0. The molecule has 2 aromatic rings. The van der Waals surface area contributed by atoms with Gasteiger partial charge in [-0.15, -0.1) is 24.0 Å². The van der Waals surface area contributed by atoms with E-state index < -0.39 is 0 Å². The standard InChI is InChI=1S/C21H28N4O2.HI/c1-2-22-21(25-15-19-11-7-13-26-19)24-14-18-10-6-12-23-20(18)27-16-17-8-4-3-5-9-17;/h3-6,8-10,12,19H,2,7,11,13-16H2,1H3,(H2,22,24,25);1H. The van der Waals surface area contributed by atoms with Gasteiger partial charge in [-0.2, -0.15) is 0 Å². The van der Waals surface area contributed by atoms with Gasteiger partial charge in [0, 0.05) is 31.5 Å². The van der Waals surface area contributed by atoms with Gasteiger partial charge < -0.3 is 20.1 Å². The minimum absolute atomic E-state index is 0. The summed E-state index contributed by atoms with van der Waals surface area (Å²) in [5, 5.41) is 6.64. The maximum Gasteiger partial charge on any atom is 0.218 e. The van der Waals surface area contributed by atoms with E-state index >= 15 is 0 Å². The minimum Gasteiger partial charge on any atom is -0.473 e. The molecule has 2 heterocycles. The number of benzene rings is 1. The normalized spacial score (nSPS) is 16.3. The Morgan fingerprint density at radius 1 is 1.21 bits per heavy atom. The third-order valence-electron chi connectivity index (χ3n) is 4.34. The number of pyridine rings is 1. The van der Waals surface area contributed by atoms with Crippen molar-refractivity contribution in [3.05, 3.63) is 59.8 Å². The summed E-state index contributed by atoms with van der Waals surface area (Å²) in [5.74, 6) is 1.41. The summed E-state index contributed by atoms with van der Waals surface area (Å²) in [7, 11) is 0.